The minimum Gasteiger partial charge on any atom is -0.507 e. The maximum absolute atomic E-state index is 14.2. The Bertz CT molecular complexity index is 1120. The van der Waals surface area contributed by atoms with Gasteiger partial charge in [-0.3, -0.25) is 19.2 Å². The highest BCUT2D eigenvalue weighted by Crippen LogP contribution is 2.30. The van der Waals surface area contributed by atoms with Crippen LogP contribution in [0.1, 0.15) is 24.2 Å². The van der Waals surface area contributed by atoms with Crippen LogP contribution in [0.2, 0.25) is 0 Å². The number of phenolic OH excluding ortho intramolecular Hbond substituents is 1. The number of benzene rings is 2. The average molecular weight is 526 g/mol. The maximum Gasteiger partial charge on any atom is 0.240 e. The van der Waals surface area contributed by atoms with Gasteiger partial charge < -0.3 is 21.5 Å². The van der Waals surface area contributed by atoms with E-state index in [0.717, 1.165) is 35.7 Å². The van der Waals surface area contributed by atoms with Gasteiger partial charge in [-0.05, 0) is 36.4 Å². The SMILES string of the molecule is CCN[C@@H](CSC(=O)c1cc(-c2ccc(F)cc2F)ccc1O)C(=O)SC[C@H](NC(C)=O)C(N)=O. The molecule has 0 saturated heterocycles. The quantitative estimate of drug-likeness (QED) is 0.351. The van der Waals surface area contributed by atoms with E-state index in [1.807, 2.05) is 0 Å². The second kappa shape index (κ2) is 13.2. The molecule has 2 aromatic carbocycles. The molecule has 0 spiro atoms. The predicted molar refractivity (Wildman–Crippen MR) is 132 cm³/mol. The first kappa shape index (κ1) is 28.3. The van der Waals surface area contributed by atoms with Crippen molar-refractivity contribution in [1.29, 1.82) is 0 Å². The van der Waals surface area contributed by atoms with Gasteiger partial charge in [0, 0.05) is 30.1 Å². The van der Waals surface area contributed by atoms with Crippen LogP contribution < -0.4 is 16.4 Å². The fourth-order valence-corrected chi connectivity index (χ4v) is 4.95. The lowest BCUT2D eigenvalue weighted by Gasteiger charge is -2.18. The molecule has 0 aliphatic rings. The van der Waals surface area contributed by atoms with Crippen molar-refractivity contribution in [2.45, 2.75) is 25.9 Å². The topological polar surface area (TPSA) is 139 Å². The summed E-state index contributed by atoms with van der Waals surface area (Å²) in [4.78, 5) is 48.1. The van der Waals surface area contributed by atoms with Crippen molar-refractivity contribution in [3.8, 4) is 16.9 Å². The largest absolute Gasteiger partial charge is 0.507 e. The van der Waals surface area contributed by atoms with E-state index in [9.17, 15) is 33.1 Å². The smallest absolute Gasteiger partial charge is 0.240 e. The maximum atomic E-state index is 14.2. The molecule has 0 fully saturated rings. The third-order valence-corrected chi connectivity index (χ3v) is 6.74. The van der Waals surface area contributed by atoms with E-state index in [4.69, 9.17) is 5.73 Å². The van der Waals surface area contributed by atoms with Crippen LogP contribution in [0.15, 0.2) is 36.4 Å². The Kier molecular flexibility index (Phi) is 10.7. The summed E-state index contributed by atoms with van der Waals surface area (Å²) in [5, 5.41) is 14.6. The predicted octanol–water partition coefficient (Wildman–Crippen LogP) is 2.44. The third-order valence-electron chi connectivity index (χ3n) is 4.69. The molecular weight excluding hydrogens is 500 g/mol. The number of hydrogen-bond acceptors (Lipinski definition) is 8. The van der Waals surface area contributed by atoms with Gasteiger partial charge in [-0.2, -0.15) is 0 Å². The van der Waals surface area contributed by atoms with E-state index < -0.39 is 40.6 Å². The number of primary amides is 1. The van der Waals surface area contributed by atoms with Crippen LogP contribution in [0.5, 0.6) is 5.75 Å². The van der Waals surface area contributed by atoms with Crippen LogP contribution in [0.3, 0.4) is 0 Å². The normalized spacial score (nSPS) is 12.6. The van der Waals surface area contributed by atoms with Crippen molar-refractivity contribution in [3.05, 3.63) is 53.6 Å². The summed E-state index contributed by atoms with van der Waals surface area (Å²) in [5.74, 6) is -3.19. The van der Waals surface area contributed by atoms with Crippen molar-refractivity contribution < 1.29 is 33.1 Å². The van der Waals surface area contributed by atoms with Crippen LogP contribution in [0.4, 0.5) is 8.78 Å². The number of carbonyl (C=O) groups excluding carboxylic acids is 4. The Balaban J connectivity index is 2.09. The molecule has 0 aromatic heterocycles. The van der Waals surface area contributed by atoms with Gasteiger partial charge in [0.15, 0.2) is 0 Å². The van der Waals surface area contributed by atoms with E-state index in [1.165, 1.54) is 31.2 Å². The number of thioether (sulfide) groups is 2. The molecule has 0 bridgehead atoms. The molecule has 35 heavy (non-hydrogen) atoms. The van der Waals surface area contributed by atoms with Crippen LogP contribution in [0.25, 0.3) is 11.1 Å². The zero-order valence-corrected chi connectivity index (χ0v) is 20.6. The molecule has 12 heteroatoms. The van der Waals surface area contributed by atoms with Crippen LogP contribution in [0, 0.1) is 11.6 Å². The van der Waals surface area contributed by atoms with Gasteiger partial charge in [-0.15, -0.1) is 0 Å². The summed E-state index contributed by atoms with van der Waals surface area (Å²) in [5.41, 5.74) is 5.49. The Labute approximate surface area is 209 Å². The summed E-state index contributed by atoms with van der Waals surface area (Å²) in [6, 6.07) is 5.17. The third kappa shape index (κ3) is 8.34. The number of hydrogen-bond donors (Lipinski definition) is 4. The van der Waals surface area contributed by atoms with Crippen molar-refractivity contribution in [3.63, 3.8) is 0 Å². The zero-order chi connectivity index (χ0) is 26.1. The number of nitrogens with one attached hydrogen (secondary N) is 2. The Morgan fingerprint density at radius 1 is 1.03 bits per heavy atom. The van der Waals surface area contributed by atoms with Crippen LogP contribution in [-0.4, -0.2) is 57.3 Å². The number of nitrogens with two attached hydrogens (primary N) is 1. The molecule has 2 amide bonds. The molecular formula is C23H25F2N3O5S2. The van der Waals surface area contributed by atoms with E-state index >= 15 is 0 Å². The second-order valence-corrected chi connectivity index (χ2v) is 9.37. The molecule has 5 N–H and O–H groups in total. The van der Waals surface area contributed by atoms with Crippen LogP contribution >= 0.6 is 23.5 Å². The second-order valence-electron chi connectivity index (χ2n) is 7.35. The van der Waals surface area contributed by atoms with Gasteiger partial charge >= 0.3 is 0 Å². The van der Waals surface area contributed by atoms with E-state index in [-0.39, 0.29) is 39.1 Å². The fraction of sp³-hybridized carbons (Fsp3) is 0.304. The molecule has 0 radical (unpaired) electrons. The lowest BCUT2D eigenvalue weighted by Crippen LogP contribution is -2.46. The molecule has 2 atom stereocenters. The molecule has 0 aliphatic carbocycles. The van der Waals surface area contributed by atoms with Gasteiger partial charge in [-0.25, -0.2) is 8.78 Å². The number of likely N-dealkylation sites (N-methyl/N-ethyl adjacent to an activating group) is 1. The summed E-state index contributed by atoms with van der Waals surface area (Å²) in [6.45, 7) is 3.41. The highest BCUT2D eigenvalue weighted by molar-refractivity contribution is 8.15. The Hall–Kier alpha value is -2.96. The highest BCUT2D eigenvalue weighted by Gasteiger charge is 2.24. The number of aromatic hydroxyl groups is 1. The average Bonchev–Trinajstić information content (AvgIpc) is 2.79. The highest BCUT2D eigenvalue weighted by atomic mass is 32.2. The van der Waals surface area contributed by atoms with Crippen LogP contribution in [-0.2, 0) is 14.4 Å². The van der Waals surface area contributed by atoms with Crippen molar-refractivity contribution >= 4 is 45.6 Å². The lowest BCUT2D eigenvalue weighted by atomic mass is 10.0. The summed E-state index contributed by atoms with van der Waals surface area (Å²) in [7, 11) is 0. The number of carbonyl (C=O) groups is 4. The molecule has 2 aromatic rings. The van der Waals surface area contributed by atoms with Gasteiger partial charge in [0.1, 0.15) is 23.4 Å². The van der Waals surface area contributed by atoms with Gasteiger partial charge in [0.05, 0.1) is 11.6 Å². The first-order chi connectivity index (χ1) is 16.5. The minimum absolute atomic E-state index is 0.00839. The summed E-state index contributed by atoms with van der Waals surface area (Å²) < 4.78 is 27.4. The summed E-state index contributed by atoms with van der Waals surface area (Å²) >= 11 is 1.56. The van der Waals surface area contributed by atoms with Gasteiger partial charge in [0.25, 0.3) is 0 Å². The standard InChI is InChI=1S/C23H25F2N3O5S2/c1-3-27-19(23(33)35-10-18(21(26)31)28-12(2)29)11-34-22(32)16-8-13(4-7-20(16)30)15-6-5-14(24)9-17(15)25/h4-9,18-19,27,30H,3,10-11H2,1-2H3,(H2,26,31)(H,28,29)/t18-,19-/m0/s1. The monoisotopic (exact) mass is 525 g/mol. The first-order valence-corrected chi connectivity index (χ1v) is 12.4. The van der Waals surface area contributed by atoms with Crippen molar-refractivity contribution in [2.24, 2.45) is 5.73 Å². The summed E-state index contributed by atoms with van der Waals surface area (Å²) in [6.07, 6.45) is 0. The van der Waals surface area contributed by atoms with E-state index in [0.29, 0.717) is 6.54 Å². The molecule has 0 saturated carbocycles. The number of halogens is 2. The molecule has 0 heterocycles. The van der Waals surface area contributed by atoms with Gasteiger partial charge in [0.2, 0.25) is 22.0 Å². The first-order valence-electron chi connectivity index (χ1n) is 10.5. The molecule has 0 unspecified atom stereocenters. The fourth-order valence-electron chi connectivity index (χ4n) is 2.99. The minimum atomic E-state index is -1.02. The lowest BCUT2D eigenvalue weighted by molar-refractivity contribution is -0.125. The Morgan fingerprint density at radius 2 is 1.71 bits per heavy atom. The number of phenols is 1. The number of amides is 2. The van der Waals surface area contributed by atoms with Crippen molar-refractivity contribution in [2.75, 3.05) is 18.1 Å². The number of rotatable bonds is 11. The Morgan fingerprint density at radius 3 is 2.31 bits per heavy atom. The van der Waals surface area contributed by atoms with E-state index in [1.54, 1.807) is 6.92 Å². The molecule has 0 aliphatic heterocycles. The van der Waals surface area contributed by atoms with E-state index in [2.05, 4.69) is 10.6 Å². The zero-order valence-electron chi connectivity index (χ0n) is 19.0. The van der Waals surface area contributed by atoms with Gasteiger partial charge in [-0.1, -0.05) is 36.5 Å². The molecule has 8 nitrogen and oxygen atoms in total. The van der Waals surface area contributed by atoms with Crippen molar-refractivity contribution in [1.82, 2.24) is 10.6 Å². The molecule has 188 valence electrons. The molecule has 2 rings (SSSR count).